The molecular weight excluding hydrogens is 466 g/mol. The van der Waals surface area contributed by atoms with E-state index in [1.807, 2.05) is 6.92 Å². The summed E-state index contributed by atoms with van der Waals surface area (Å²) in [5, 5.41) is 3.80. The predicted octanol–water partition coefficient (Wildman–Crippen LogP) is 4.32. The van der Waals surface area contributed by atoms with E-state index >= 15 is 0 Å². The topological polar surface area (TPSA) is 91.7 Å². The molecule has 0 aliphatic carbocycles. The second kappa shape index (κ2) is 10.5. The second-order valence-corrected chi connectivity index (χ2v) is 9.12. The average molecular weight is 490 g/mol. The molecule has 3 aromatic rings. The van der Waals surface area contributed by atoms with Crippen LogP contribution in [0.5, 0.6) is 11.5 Å². The summed E-state index contributed by atoms with van der Waals surface area (Å²) in [7, 11) is 0. The maximum Gasteiger partial charge on any atom is 0.262 e. The van der Waals surface area contributed by atoms with Crippen molar-refractivity contribution in [2.75, 3.05) is 25.3 Å². The van der Waals surface area contributed by atoms with Gasteiger partial charge in [0.2, 0.25) is 12.7 Å². The fourth-order valence-electron chi connectivity index (χ4n) is 3.36. The first-order chi connectivity index (χ1) is 16.0. The predicted molar refractivity (Wildman–Crippen MR) is 129 cm³/mol. The Labute approximate surface area is 200 Å². The first kappa shape index (κ1) is 23.4. The van der Waals surface area contributed by atoms with Crippen LogP contribution >= 0.6 is 23.4 Å². The first-order valence-corrected chi connectivity index (χ1v) is 11.9. The second-order valence-electron chi connectivity index (χ2n) is 7.38. The van der Waals surface area contributed by atoms with Crippen molar-refractivity contribution in [2.24, 2.45) is 0 Å². The molecule has 0 saturated carbocycles. The summed E-state index contributed by atoms with van der Waals surface area (Å²) in [5.74, 6) is 1.01. The Morgan fingerprint density at radius 1 is 1.27 bits per heavy atom. The quantitative estimate of drug-likeness (QED) is 0.272. The van der Waals surface area contributed by atoms with Crippen molar-refractivity contribution in [3.8, 4) is 11.5 Å². The number of rotatable bonds is 9. The summed E-state index contributed by atoms with van der Waals surface area (Å²) in [6.45, 7) is 5.44. The summed E-state index contributed by atoms with van der Waals surface area (Å²) in [6, 6.07) is 10.2. The molecule has 0 saturated heterocycles. The third-order valence-electron chi connectivity index (χ3n) is 5.05. The Balaban J connectivity index is 1.56. The highest BCUT2D eigenvalue weighted by Crippen LogP contribution is 2.34. The molecule has 0 radical (unpaired) electrons. The van der Waals surface area contributed by atoms with E-state index in [1.54, 1.807) is 47.9 Å². The maximum atomic E-state index is 13.2. The molecule has 10 heteroatoms. The molecule has 2 heterocycles. The minimum absolute atomic E-state index is 0.164. The average Bonchev–Trinajstić information content (AvgIpc) is 3.26. The van der Waals surface area contributed by atoms with Gasteiger partial charge in [0.15, 0.2) is 16.7 Å². The largest absolute Gasteiger partial charge is 0.454 e. The van der Waals surface area contributed by atoms with Crippen molar-refractivity contribution in [2.45, 2.75) is 37.2 Å². The normalized spacial score (nSPS) is 13.3. The fourth-order valence-corrected chi connectivity index (χ4v) is 4.46. The van der Waals surface area contributed by atoms with E-state index in [2.05, 4.69) is 10.3 Å². The minimum atomic E-state index is -0.517. The van der Waals surface area contributed by atoms with Gasteiger partial charge in [0.05, 0.1) is 16.2 Å². The number of hydrogen-bond donors (Lipinski definition) is 1. The van der Waals surface area contributed by atoms with E-state index in [4.69, 9.17) is 25.8 Å². The lowest BCUT2D eigenvalue weighted by atomic mass is 10.2. The van der Waals surface area contributed by atoms with Crippen LogP contribution in [0.25, 0.3) is 10.9 Å². The number of amides is 1. The van der Waals surface area contributed by atoms with Crippen LogP contribution in [0.15, 0.2) is 46.3 Å². The van der Waals surface area contributed by atoms with Crippen molar-refractivity contribution in [3.05, 3.63) is 51.8 Å². The highest BCUT2D eigenvalue weighted by atomic mass is 35.5. The van der Waals surface area contributed by atoms with Crippen LogP contribution < -0.4 is 20.3 Å². The molecule has 1 aliphatic rings. The Morgan fingerprint density at radius 3 is 2.91 bits per heavy atom. The number of carbonyl (C=O) groups excluding carboxylic acids is 1. The van der Waals surface area contributed by atoms with Crippen LogP contribution in [-0.4, -0.2) is 40.7 Å². The number of nitrogens with zero attached hydrogens (tertiary/aromatic N) is 2. The molecule has 1 unspecified atom stereocenters. The van der Waals surface area contributed by atoms with Gasteiger partial charge in [-0.05, 0) is 50.6 Å². The summed E-state index contributed by atoms with van der Waals surface area (Å²) in [5.41, 5.74) is 0.933. The molecule has 2 aromatic carbocycles. The van der Waals surface area contributed by atoms with Crippen LogP contribution in [0.1, 0.15) is 20.3 Å². The number of nitrogens with one attached hydrogen (secondary N) is 1. The van der Waals surface area contributed by atoms with Crippen molar-refractivity contribution in [1.29, 1.82) is 0 Å². The van der Waals surface area contributed by atoms with Gasteiger partial charge in [-0.15, -0.1) is 0 Å². The molecule has 0 spiro atoms. The van der Waals surface area contributed by atoms with E-state index in [9.17, 15) is 9.59 Å². The van der Waals surface area contributed by atoms with Gasteiger partial charge in [-0.2, -0.15) is 0 Å². The third-order valence-corrected chi connectivity index (χ3v) is 6.37. The Hall–Kier alpha value is -2.75. The third kappa shape index (κ3) is 5.43. The van der Waals surface area contributed by atoms with E-state index in [1.165, 1.54) is 11.8 Å². The van der Waals surface area contributed by atoms with Gasteiger partial charge in [-0.3, -0.25) is 14.2 Å². The van der Waals surface area contributed by atoms with Crippen molar-refractivity contribution >= 4 is 45.9 Å². The molecule has 174 valence electrons. The van der Waals surface area contributed by atoms with Gasteiger partial charge in [0.25, 0.3) is 5.56 Å². The van der Waals surface area contributed by atoms with Crippen molar-refractivity contribution in [3.63, 3.8) is 0 Å². The number of thioether (sulfide) groups is 1. The number of carbonyl (C=O) groups is 1. The molecule has 1 atom stereocenters. The van der Waals surface area contributed by atoms with Gasteiger partial charge < -0.3 is 19.5 Å². The summed E-state index contributed by atoms with van der Waals surface area (Å²) in [4.78, 5) is 30.7. The monoisotopic (exact) mass is 489 g/mol. The molecule has 1 aromatic heterocycles. The lowest BCUT2D eigenvalue weighted by molar-refractivity contribution is -0.115. The number of aromatic nitrogens is 2. The molecule has 0 fully saturated rings. The number of benzene rings is 2. The zero-order valence-corrected chi connectivity index (χ0v) is 19.9. The van der Waals surface area contributed by atoms with E-state index in [0.717, 1.165) is 0 Å². The highest BCUT2D eigenvalue weighted by Gasteiger charge is 2.21. The van der Waals surface area contributed by atoms with Gasteiger partial charge in [-0.25, -0.2) is 4.98 Å². The van der Waals surface area contributed by atoms with Crippen LogP contribution in [0.3, 0.4) is 0 Å². The number of fused-ring (bicyclic) bond motifs is 2. The smallest absolute Gasteiger partial charge is 0.262 e. The Morgan fingerprint density at radius 2 is 2.09 bits per heavy atom. The standard InChI is InChI=1S/C23H24ClN3O5S/c1-3-30-10-4-9-27-22(29)17-7-5-15(24)11-18(17)26-23(27)33-14(2)21(28)25-16-6-8-19-20(12-16)32-13-31-19/h5-8,11-12,14H,3-4,9-10,13H2,1-2H3,(H,25,28). The molecule has 33 heavy (non-hydrogen) atoms. The van der Waals surface area contributed by atoms with Crippen LogP contribution in [0, 0.1) is 0 Å². The molecule has 8 nitrogen and oxygen atoms in total. The number of ether oxygens (including phenoxy) is 3. The molecule has 0 bridgehead atoms. The van der Waals surface area contributed by atoms with Gasteiger partial charge in [-0.1, -0.05) is 23.4 Å². The number of hydrogen-bond acceptors (Lipinski definition) is 7. The summed E-state index contributed by atoms with van der Waals surface area (Å²) < 4.78 is 17.7. The van der Waals surface area contributed by atoms with Crippen LogP contribution in [-0.2, 0) is 16.1 Å². The Kier molecular flexibility index (Phi) is 7.42. The molecular formula is C23H24ClN3O5S. The lowest BCUT2D eigenvalue weighted by Gasteiger charge is -2.16. The van der Waals surface area contributed by atoms with Crippen LogP contribution in [0.4, 0.5) is 5.69 Å². The number of halogens is 1. The molecule has 1 amide bonds. The maximum absolute atomic E-state index is 13.2. The van der Waals surface area contributed by atoms with E-state index < -0.39 is 5.25 Å². The molecule has 4 rings (SSSR count). The van der Waals surface area contributed by atoms with Gasteiger partial charge >= 0.3 is 0 Å². The lowest BCUT2D eigenvalue weighted by Crippen LogP contribution is -2.27. The first-order valence-electron chi connectivity index (χ1n) is 10.6. The van der Waals surface area contributed by atoms with Crippen molar-refractivity contribution in [1.82, 2.24) is 9.55 Å². The Bertz CT molecular complexity index is 1230. The SMILES string of the molecule is CCOCCCn1c(SC(C)C(=O)Nc2ccc3c(c2)OCO3)nc2cc(Cl)ccc2c1=O. The minimum Gasteiger partial charge on any atom is -0.454 e. The zero-order valence-electron chi connectivity index (χ0n) is 18.3. The van der Waals surface area contributed by atoms with E-state index in [-0.39, 0.29) is 18.3 Å². The summed E-state index contributed by atoms with van der Waals surface area (Å²) >= 11 is 7.33. The van der Waals surface area contributed by atoms with Gasteiger partial charge in [0.1, 0.15) is 0 Å². The van der Waals surface area contributed by atoms with Crippen LogP contribution in [0.2, 0.25) is 5.02 Å². The van der Waals surface area contributed by atoms with Crippen molar-refractivity contribution < 1.29 is 19.0 Å². The number of anilines is 1. The fraction of sp³-hybridized carbons (Fsp3) is 0.348. The van der Waals surface area contributed by atoms with E-state index in [0.29, 0.717) is 64.4 Å². The zero-order chi connectivity index (χ0) is 23.4. The summed E-state index contributed by atoms with van der Waals surface area (Å²) in [6.07, 6.45) is 0.653. The van der Waals surface area contributed by atoms with Gasteiger partial charge in [0, 0.05) is 36.5 Å². The molecule has 1 N–H and O–H groups in total. The highest BCUT2D eigenvalue weighted by molar-refractivity contribution is 8.00. The molecule has 1 aliphatic heterocycles.